The normalized spacial score (nSPS) is 15.5. The first kappa shape index (κ1) is 95.8. The van der Waals surface area contributed by atoms with E-state index in [1.54, 1.807) is 70.6 Å². The van der Waals surface area contributed by atoms with Crippen LogP contribution in [0.4, 0.5) is 36.4 Å². The second-order valence-electron chi connectivity index (χ2n) is 33.7. The lowest BCUT2D eigenvalue weighted by molar-refractivity contribution is -0.211. The van der Waals surface area contributed by atoms with Crippen LogP contribution in [0.5, 0.6) is 0 Å². The maximum absolute atomic E-state index is 12.8. The standard InChI is InChI=1S/C25H22BrF3N6O2.C25H25BrN6O2.C24H23BrN6O2.C23H23BrN6O2S/c26-19-20(15-8-10-34(11-9-15)24(37)21(36)25(27,28)29)33-23-17(13-32-35(23)22(19)30)16-6-7-18(31-12-16)14-4-2-1-3-5-14;1-15(33)25(34)31-11-9-17(10-12-31)22-21(26)23(27)32-24(30-22)19(14-29-32)18-7-8-20(28-13-18)16-5-3-2-4-6-16;25-21-22(16-8-10-30(11-9-16)20(33)14-32)29-24-18(13-28-31(24)23(21)26)17-6-7-19(27-12-17)15-4-2-1-3-5-15;1-13(31)23(32)29-9-7-14(8-10-29)19-18(24)20(25)30-21(28-19)16(11-27-30)17-12-26-22(33-17)15-5-3-2-4-6-15/h1-7,12-13,15,21,36H,8-11,30H2;2-8,13-15,17,33H,9-12,27H2,1H3;1-7,12-13,16,32H,8-11,14,26H2;2-6,11-14,31H,7-10,25H2,1H3/t;15-;;13-/m.1.1/s1. The Morgan fingerprint density at radius 1 is 0.372 bits per heavy atom. The third-order valence-corrected chi connectivity index (χ3v) is 29.4. The molecule has 16 aromatic rings. The van der Waals surface area contributed by atoms with Crippen molar-refractivity contribution in [3.8, 4) is 88.2 Å². The Labute approximate surface area is 820 Å². The summed E-state index contributed by atoms with van der Waals surface area (Å²) in [6, 6.07) is 51.8. The van der Waals surface area contributed by atoms with Gasteiger partial charge in [-0.15, -0.1) is 11.3 Å². The van der Waals surface area contributed by atoms with Gasteiger partial charge in [0, 0.05) is 156 Å². The number of nitrogens with zero attached hydrogens (tertiary/aromatic N) is 20. The summed E-state index contributed by atoms with van der Waals surface area (Å²) < 4.78 is 47.5. The van der Waals surface area contributed by atoms with Crippen molar-refractivity contribution >= 4 is 145 Å². The molecule has 137 heavy (non-hydrogen) atoms. The van der Waals surface area contributed by atoms with E-state index in [0.29, 0.717) is 108 Å². The SMILES string of the molecule is C[C@@H](O)C(=O)N1CCC(c2nc3c(-c4ccc(-c5ccccc5)nc4)cnn3c(N)c2Br)CC1.C[C@@H](O)C(=O)N1CCC(c2nc3c(-c4cnc(-c5ccccc5)s4)cnn3c(N)c2Br)CC1.Nc1c(Br)c(C2CCN(C(=O)C(O)C(F)(F)F)CC2)nc2c(-c3ccc(-c4ccccc4)nc3)cnn12.Nc1c(Br)c(C2CCN(C(=O)CO)CC2)nc2c(-c3ccc(-c4ccccc4)nc3)cnn12. The summed E-state index contributed by atoms with van der Waals surface area (Å²) in [6.07, 6.45) is 9.49. The molecular formula is C97H93Br4F3N24O8S. The smallest absolute Gasteiger partial charge is 0.387 e. The van der Waals surface area contributed by atoms with Gasteiger partial charge in [-0.1, -0.05) is 140 Å². The number of benzene rings is 4. The largest absolute Gasteiger partial charge is 0.423 e. The number of fused-ring (bicyclic) bond motifs is 4. The fourth-order valence-electron chi connectivity index (χ4n) is 17.5. The summed E-state index contributed by atoms with van der Waals surface area (Å²) in [5, 5.41) is 56.4. The van der Waals surface area contributed by atoms with Crippen molar-refractivity contribution in [2.24, 2.45) is 0 Å². The average Bonchev–Trinajstić information content (AvgIpc) is 1.64. The number of carbonyl (C=O) groups is 4. The number of carbonyl (C=O) groups excluding carboxylic acids is 4. The van der Waals surface area contributed by atoms with Gasteiger partial charge in [0.2, 0.25) is 12.0 Å². The first-order valence-corrected chi connectivity index (χ1v) is 48.3. The first-order chi connectivity index (χ1) is 66.1. The summed E-state index contributed by atoms with van der Waals surface area (Å²) >= 11 is 16.0. The molecule has 0 radical (unpaired) electrons. The average molecular weight is 2130 g/mol. The molecule has 0 bridgehead atoms. The maximum Gasteiger partial charge on any atom is 0.423 e. The van der Waals surface area contributed by atoms with Crippen LogP contribution in [0.1, 0.15) is 112 Å². The molecule has 40 heteroatoms. The molecule has 4 saturated heterocycles. The van der Waals surface area contributed by atoms with Gasteiger partial charge in [0.1, 0.15) is 47.1 Å². The van der Waals surface area contributed by atoms with Gasteiger partial charge in [-0.05, 0) is 147 Å². The quantitative estimate of drug-likeness (QED) is 0.0445. The van der Waals surface area contributed by atoms with Crippen LogP contribution in [0, 0.1) is 0 Å². The molecule has 3 atom stereocenters. The zero-order valence-corrected chi connectivity index (χ0v) is 81.1. The summed E-state index contributed by atoms with van der Waals surface area (Å²) in [6.45, 7) is 6.15. The number of piperidine rings is 4. The van der Waals surface area contributed by atoms with Gasteiger partial charge >= 0.3 is 6.18 Å². The molecule has 4 fully saturated rings. The highest BCUT2D eigenvalue weighted by atomic mass is 79.9. The van der Waals surface area contributed by atoms with Crippen LogP contribution in [0.25, 0.3) is 111 Å². The van der Waals surface area contributed by atoms with Crippen molar-refractivity contribution in [1.82, 2.24) is 97.9 Å². The van der Waals surface area contributed by atoms with Crippen molar-refractivity contribution in [1.29, 1.82) is 0 Å². The van der Waals surface area contributed by atoms with E-state index >= 15 is 0 Å². The van der Waals surface area contributed by atoms with E-state index < -0.39 is 37.0 Å². The molecule has 0 spiro atoms. The van der Waals surface area contributed by atoms with E-state index in [2.05, 4.69) is 104 Å². The van der Waals surface area contributed by atoms with E-state index in [-0.39, 0.29) is 54.5 Å². The number of likely N-dealkylation sites (tertiary alicyclic amines) is 4. The molecule has 4 aliphatic heterocycles. The topological polar surface area (TPSA) is 439 Å². The number of aliphatic hydroxyl groups excluding tert-OH is 4. The number of halogens is 7. The van der Waals surface area contributed by atoms with Crippen LogP contribution in [0.3, 0.4) is 0 Å². The number of aliphatic hydroxyl groups is 4. The lowest BCUT2D eigenvalue weighted by atomic mass is 9.92. The number of thiazole rings is 1. The zero-order chi connectivity index (χ0) is 96.2. The summed E-state index contributed by atoms with van der Waals surface area (Å²) in [5.41, 5.74) is 44.2. The molecule has 4 aliphatic rings. The second kappa shape index (κ2) is 41.6. The first-order valence-electron chi connectivity index (χ1n) is 44.3. The minimum Gasteiger partial charge on any atom is -0.387 e. The lowest BCUT2D eigenvalue weighted by Crippen LogP contribution is -2.49. The molecule has 12 N–H and O–H groups in total. The molecule has 0 saturated carbocycles. The van der Waals surface area contributed by atoms with E-state index in [4.69, 9.17) is 48.0 Å². The zero-order valence-electron chi connectivity index (χ0n) is 73.9. The van der Waals surface area contributed by atoms with Gasteiger partial charge in [0.25, 0.3) is 17.7 Å². The molecular weight excluding hydrogens is 2040 g/mol. The molecule has 12 aromatic heterocycles. The summed E-state index contributed by atoms with van der Waals surface area (Å²) in [7, 11) is 0. The number of rotatable bonds is 16. The van der Waals surface area contributed by atoms with Crippen LogP contribution in [-0.2, 0) is 19.2 Å². The lowest BCUT2D eigenvalue weighted by Gasteiger charge is -2.33. The number of amides is 4. The maximum atomic E-state index is 12.8. The number of hydrogen-bond donors (Lipinski definition) is 8. The van der Waals surface area contributed by atoms with E-state index in [1.807, 2.05) is 176 Å². The molecule has 0 aliphatic carbocycles. The number of nitrogens with two attached hydrogens (primary N) is 4. The van der Waals surface area contributed by atoms with Crippen molar-refractivity contribution in [3.05, 3.63) is 248 Å². The summed E-state index contributed by atoms with van der Waals surface area (Å²) in [4.78, 5) is 93.4. The predicted octanol–water partition coefficient (Wildman–Crippen LogP) is 15.8. The van der Waals surface area contributed by atoms with Crippen molar-refractivity contribution in [2.75, 3.05) is 81.9 Å². The fourth-order valence-corrected chi connectivity index (χ4v) is 20.7. The molecule has 32 nitrogen and oxygen atoms in total. The highest BCUT2D eigenvalue weighted by molar-refractivity contribution is 9.11. The molecule has 4 amide bonds. The van der Waals surface area contributed by atoms with Crippen LogP contribution in [-0.4, -0.2) is 225 Å². The van der Waals surface area contributed by atoms with E-state index in [1.165, 1.54) is 18.4 Å². The highest BCUT2D eigenvalue weighted by Crippen LogP contribution is 2.45. The van der Waals surface area contributed by atoms with Gasteiger partial charge < -0.3 is 63.0 Å². The second-order valence-corrected chi connectivity index (χ2v) is 37.9. The van der Waals surface area contributed by atoms with Gasteiger partial charge in [-0.3, -0.25) is 34.1 Å². The summed E-state index contributed by atoms with van der Waals surface area (Å²) in [5.74, 6) is 0.0604. The van der Waals surface area contributed by atoms with Crippen LogP contribution < -0.4 is 22.9 Å². The number of pyridine rings is 3. The molecule has 20 rings (SSSR count). The third kappa shape index (κ3) is 20.3. The Balaban J connectivity index is 0.000000127. The van der Waals surface area contributed by atoms with Gasteiger partial charge in [-0.25, -0.2) is 24.9 Å². The Hall–Kier alpha value is -12.9. The van der Waals surface area contributed by atoms with Gasteiger partial charge in [0.05, 0.1) is 93.0 Å². The monoisotopic (exact) mass is 2130 g/mol. The van der Waals surface area contributed by atoms with Gasteiger partial charge in [0.15, 0.2) is 22.6 Å². The molecule has 4 aromatic carbocycles. The van der Waals surface area contributed by atoms with Gasteiger partial charge in [-0.2, -0.15) is 51.6 Å². The highest BCUT2D eigenvalue weighted by Gasteiger charge is 2.46. The third-order valence-electron chi connectivity index (χ3n) is 25.0. The molecule has 704 valence electrons. The van der Waals surface area contributed by atoms with Crippen LogP contribution in [0.15, 0.2) is 225 Å². The minimum atomic E-state index is -5.00. The Bertz CT molecular complexity index is 7060. The number of hydrogen-bond acceptors (Lipinski definition) is 25. The molecule has 1 unspecified atom stereocenters. The van der Waals surface area contributed by atoms with E-state index in [9.17, 15) is 47.7 Å². The van der Waals surface area contributed by atoms with Crippen LogP contribution in [0.2, 0.25) is 0 Å². The predicted molar refractivity (Wildman–Crippen MR) is 530 cm³/mol. The Morgan fingerprint density at radius 3 is 0.927 bits per heavy atom. The van der Waals surface area contributed by atoms with Crippen molar-refractivity contribution in [2.45, 2.75) is 113 Å². The van der Waals surface area contributed by atoms with Crippen LogP contribution >= 0.6 is 75.1 Å². The van der Waals surface area contributed by atoms with E-state index in [0.717, 1.165) is 162 Å². The van der Waals surface area contributed by atoms with Crippen molar-refractivity contribution in [3.63, 3.8) is 0 Å². The number of nitrogen functional groups attached to an aromatic ring is 4. The fraction of sp³-hybridized carbons (Fsp3) is 0.278. The minimum absolute atomic E-state index is 0.0623. The number of aromatic nitrogens is 16. The molecule has 16 heterocycles. The van der Waals surface area contributed by atoms with Crippen molar-refractivity contribution < 1.29 is 52.8 Å². The Kier molecular flexibility index (Phi) is 29.1. The number of alkyl halides is 3. The number of anilines is 4. The Morgan fingerprint density at radius 2 is 0.650 bits per heavy atom.